The van der Waals surface area contributed by atoms with E-state index in [1.54, 1.807) is 0 Å². The van der Waals surface area contributed by atoms with Crippen molar-refractivity contribution in [2.75, 3.05) is 39.3 Å². The van der Waals surface area contributed by atoms with E-state index in [4.69, 9.17) is 0 Å². The van der Waals surface area contributed by atoms with Gasteiger partial charge in [0, 0.05) is 38.6 Å². The average Bonchev–Trinajstić information content (AvgIpc) is 2.49. The van der Waals surface area contributed by atoms with Crippen molar-refractivity contribution in [1.29, 1.82) is 0 Å². The average molecular weight is 309 g/mol. The lowest BCUT2D eigenvalue weighted by Gasteiger charge is -2.34. The number of carbonyl (C=O) groups excluding carboxylic acids is 1. The fraction of sp³-hybridized carbons (Fsp3) is 0.944. The van der Waals surface area contributed by atoms with Crippen LogP contribution in [0.3, 0.4) is 0 Å². The maximum atomic E-state index is 12.2. The van der Waals surface area contributed by atoms with E-state index in [1.165, 1.54) is 45.3 Å². The van der Waals surface area contributed by atoms with Crippen LogP contribution in [0.15, 0.2) is 0 Å². The van der Waals surface area contributed by atoms with Crippen LogP contribution in [0.1, 0.15) is 52.9 Å². The van der Waals surface area contributed by atoms with Crippen molar-refractivity contribution in [2.24, 2.45) is 11.8 Å². The predicted molar refractivity (Wildman–Crippen MR) is 91.9 cm³/mol. The predicted octanol–water partition coefficient (Wildman–Crippen LogP) is 2.34. The Kier molecular flexibility index (Phi) is 7.16. The van der Waals surface area contributed by atoms with Crippen molar-refractivity contribution in [1.82, 2.24) is 15.1 Å². The Labute approximate surface area is 136 Å². The number of piperidine rings is 2. The SMILES string of the molecule is CC(C)CN1CCC(NCCC(=O)N2CCC(C)CC2)CC1. The highest BCUT2D eigenvalue weighted by atomic mass is 16.2. The minimum atomic E-state index is 0.344. The number of nitrogens with zero attached hydrogens (tertiary/aromatic N) is 2. The molecule has 4 heteroatoms. The molecule has 0 aromatic heterocycles. The van der Waals surface area contributed by atoms with E-state index in [9.17, 15) is 4.79 Å². The molecule has 2 aliphatic heterocycles. The maximum Gasteiger partial charge on any atom is 0.223 e. The Balaban J connectivity index is 1.56. The Hall–Kier alpha value is -0.610. The van der Waals surface area contributed by atoms with Gasteiger partial charge in [-0.25, -0.2) is 0 Å². The summed E-state index contributed by atoms with van der Waals surface area (Å²) >= 11 is 0. The van der Waals surface area contributed by atoms with Gasteiger partial charge in [-0.05, 0) is 50.6 Å². The summed E-state index contributed by atoms with van der Waals surface area (Å²) in [5, 5.41) is 3.60. The summed E-state index contributed by atoms with van der Waals surface area (Å²) in [5.41, 5.74) is 0. The van der Waals surface area contributed by atoms with Crippen LogP contribution in [0.5, 0.6) is 0 Å². The molecule has 2 fully saturated rings. The van der Waals surface area contributed by atoms with Crippen LogP contribution in [0.4, 0.5) is 0 Å². The van der Waals surface area contributed by atoms with Crippen LogP contribution in [0.2, 0.25) is 0 Å². The largest absolute Gasteiger partial charge is 0.343 e. The lowest BCUT2D eigenvalue weighted by molar-refractivity contribution is -0.132. The van der Waals surface area contributed by atoms with E-state index >= 15 is 0 Å². The summed E-state index contributed by atoms with van der Waals surface area (Å²) in [4.78, 5) is 16.8. The first kappa shape index (κ1) is 17.7. The van der Waals surface area contributed by atoms with Gasteiger partial charge in [0.25, 0.3) is 0 Å². The molecule has 2 heterocycles. The van der Waals surface area contributed by atoms with Crippen molar-refractivity contribution < 1.29 is 4.79 Å². The molecule has 1 amide bonds. The highest BCUT2D eigenvalue weighted by Crippen LogP contribution is 2.16. The van der Waals surface area contributed by atoms with Gasteiger partial charge in [-0.2, -0.15) is 0 Å². The number of amides is 1. The third kappa shape index (κ3) is 5.88. The molecular weight excluding hydrogens is 274 g/mol. The highest BCUT2D eigenvalue weighted by Gasteiger charge is 2.21. The smallest absolute Gasteiger partial charge is 0.223 e. The topological polar surface area (TPSA) is 35.6 Å². The minimum absolute atomic E-state index is 0.344. The standard InChI is InChI=1S/C18H35N3O/c1-15(2)14-20-10-7-17(8-11-20)19-9-4-18(22)21-12-5-16(3)6-13-21/h15-17,19H,4-14H2,1-3H3. The second-order valence-electron chi connectivity index (χ2n) is 7.74. The fourth-order valence-corrected chi connectivity index (χ4v) is 3.64. The summed E-state index contributed by atoms with van der Waals surface area (Å²) < 4.78 is 0. The van der Waals surface area contributed by atoms with Gasteiger partial charge in [0.05, 0.1) is 0 Å². The Morgan fingerprint density at radius 2 is 1.73 bits per heavy atom. The van der Waals surface area contributed by atoms with E-state index in [2.05, 4.69) is 35.9 Å². The Morgan fingerprint density at radius 1 is 1.09 bits per heavy atom. The van der Waals surface area contributed by atoms with E-state index in [0.717, 1.165) is 31.5 Å². The molecule has 0 unspecified atom stereocenters. The van der Waals surface area contributed by atoms with Crippen molar-refractivity contribution in [2.45, 2.75) is 58.9 Å². The van der Waals surface area contributed by atoms with Crippen LogP contribution in [-0.4, -0.2) is 61.0 Å². The zero-order valence-electron chi connectivity index (χ0n) is 14.8. The molecule has 0 bridgehead atoms. The van der Waals surface area contributed by atoms with Crippen LogP contribution < -0.4 is 5.32 Å². The van der Waals surface area contributed by atoms with Crippen LogP contribution in [0, 0.1) is 11.8 Å². The van der Waals surface area contributed by atoms with Crippen molar-refractivity contribution in [3.05, 3.63) is 0 Å². The molecule has 4 nitrogen and oxygen atoms in total. The van der Waals surface area contributed by atoms with Gasteiger partial charge in [-0.3, -0.25) is 4.79 Å². The van der Waals surface area contributed by atoms with Gasteiger partial charge in [0.1, 0.15) is 0 Å². The number of carbonyl (C=O) groups is 1. The summed E-state index contributed by atoms with van der Waals surface area (Å²) in [7, 11) is 0. The maximum absolute atomic E-state index is 12.2. The van der Waals surface area contributed by atoms with Crippen molar-refractivity contribution >= 4 is 5.91 Å². The zero-order valence-corrected chi connectivity index (χ0v) is 14.8. The Morgan fingerprint density at radius 3 is 2.32 bits per heavy atom. The summed E-state index contributed by atoms with van der Waals surface area (Å²) in [5.74, 6) is 1.89. The first-order valence-electron chi connectivity index (χ1n) is 9.28. The number of hydrogen-bond acceptors (Lipinski definition) is 3. The van der Waals surface area contributed by atoms with Gasteiger partial charge in [0.2, 0.25) is 5.91 Å². The highest BCUT2D eigenvalue weighted by molar-refractivity contribution is 5.76. The Bertz CT molecular complexity index is 329. The first-order valence-corrected chi connectivity index (χ1v) is 9.28. The fourth-order valence-electron chi connectivity index (χ4n) is 3.64. The second kappa shape index (κ2) is 8.88. The molecule has 0 aromatic rings. The molecule has 2 aliphatic rings. The van der Waals surface area contributed by atoms with Crippen molar-refractivity contribution in [3.8, 4) is 0 Å². The second-order valence-corrected chi connectivity index (χ2v) is 7.74. The van der Waals surface area contributed by atoms with E-state index < -0.39 is 0 Å². The number of hydrogen-bond donors (Lipinski definition) is 1. The van der Waals surface area contributed by atoms with Gasteiger partial charge in [0.15, 0.2) is 0 Å². The van der Waals surface area contributed by atoms with Crippen LogP contribution >= 0.6 is 0 Å². The monoisotopic (exact) mass is 309 g/mol. The quantitative estimate of drug-likeness (QED) is 0.818. The first-order chi connectivity index (χ1) is 10.5. The molecule has 1 N–H and O–H groups in total. The number of rotatable bonds is 6. The van der Waals surface area contributed by atoms with E-state index in [0.29, 0.717) is 18.4 Å². The molecule has 0 spiro atoms. The van der Waals surface area contributed by atoms with Gasteiger partial charge < -0.3 is 15.1 Å². The summed E-state index contributed by atoms with van der Waals surface area (Å²) in [6.45, 7) is 13.3. The minimum Gasteiger partial charge on any atom is -0.343 e. The molecule has 0 aromatic carbocycles. The number of likely N-dealkylation sites (tertiary alicyclic amines) is 2. The molecule has 22 heavy (non-hydrogen) atoms. The summed E-state index contributed by atoms with van der Waals surface area (Å²) in [6, 6.07) is 0.609. The normalized spacial score (nSPS) is 22.5. The van der Waals surface area contributed by atoms with Crippen LogP contribution in [-0.2, 0) is 4.79 Å². The molecule has 0 atom stereocenters. The lowest BCUT2D eigenvalue weighted by Crippen LogP contribution is -2.45. The molecule has 0 aliphatic carbocycles. The molecule has 2 rings (SSSR count). The van der Waals surface area contributed by atoms with Gasteiger partial charge in [-0.1, -0.05) is 20.8 Å². The zero-order chi connectivity index (χ0) is 15.9. The van der Waals surface area contributed by atoms with E-state index in [-0.39, 0.29) is 0 Å². The molecule has 128 valence electrons. The molecule has 2 saturated heterocycles. The molecule has 0 radical (unpaired) electrons. The van der Waals surface area contributed by atoms with Gasteiger partial charge in [-0.15, -0.1) is 0 Å². The van der Waals surface area contributed by atoms with Crippen LogP contribution in [0.25, 0.3) is 0 Å². The van der Waals surface area contributed by atoms with Gasteiger partial charge >= 0.3 is 0 Å². The molecular formula is C18H35N3O. The summed E-state index contributed by atoms with van der Waals surface area (Å²) in [6.07, 6.45) is 5.46. The third-order valence-electron chi connectivity index (χ3n) is 5.12. The lowest BCUT2D eigenvalue weighted by atomic mass is 9.99. The third-order valence-corrected chi connectivity index (χ3v) is 5.12. The van der Waals surface area contributed by atoms with E-state index in [1.807, 2.05) is 0 Å². The number of nitrogens with one attached hydrogen (secondary N) is 1. The van der Waals surface area contributed by atoms with Crippen molar-refractivity contribution in [3.63, 3.8) is 0 Å². The molecule has 0 saturated carbocycles.